The molecule has 0 aliphatic heterocycles. The molecule has 0 spiro atoms. The van der Waals surface area contributed by atoms with Crippen LogP contribution in [-0.4, -0.2) is 26.9 Å². The van der Waals surface area contributed by atoms with E-state index in [1.807, 2.05) is 0 Å². The molecule has 2 aromatic rings. The van der Waals surface area contributed by atoms with Crippen molar-refractivity contribution in [1.29, 1.82) is 0 Å². The molecule has 0 bridgehead atoms. The summed E-state index contributed by atoms with van der Waals surface area (Å²) in [5.41, 5.74) is 6.75. The van der Waals surface area contributed by atoms with Crippen LogP contribution in [0.4, 0.5) is 0 Å². The number of hydrogen-bond acceptors (Lipinski definition) is 4. The van der Waals surface area contributed by atoms with Crippen molar-refractivity contribution in [3.8, 4) is 0 Å². The lowest BCUT2D eigenvalue weighted by Crippen LogP contribution is -2.40. The van der Waals surface area contributed by atoms with Crippen LogP contribution in [-0.2, 0) is 15.6 Å². The third-order valence-electron chi connectivity index (χ3n) is 4.17. The minimum absolute atomic E-state index is 0.0702. The van der Waals surface area contributed by atoms with Gasteiger partial charge < -0.3 is 11.1 Å². The predicted octanol–water partition coefficient (Wildman–Crippen LogP) is 2.91. The quantitative estimate of drug-likeness (QED) is 0.706. The number of rotatable bonds is 9. The molecule has 0 fully saturated rings. The van der Waals surface area contributed by atoms with Gasteiger partial charge in [0.1, 0.15) is 0 Å². The minimum Gasteiger partial charge on any atom is -0.348 e. The highest BCUT2D eigenvalue weighted by Gasteiger charge is 2.17. The summed E-state index contributed by atoms with van der Waals surface area (Å²) in [7, 11) is -3.45. The van der Waals surface area contributed by atoms with Crippen molar-refractivity contribution in [2.45, 2.75) is 42.9 Å². The predicted molar refractivity (Wildman–Crippen MR) is 104 cm³/mol. The molecule has 26 heavy (non-hydrogen) atoms. The highest BCUT2D eigenvalue weighted by molar-refractivity contribution is 7.90. The fourth-order valence-electron chi connectivity index (χ4n) is 2.70. The van der Waals surface area contributed by atoms with Gasteiger partial charge in [0.2, 0.25) is 0 Å². The molecule has 0 aromatic heterocycles. The summed E-state index contributed by atoms with van der Waals surface area (Å²) in [5.74, 6) is -0.371. The van der Waals surface area contributed by atoms with Crippen LogP contribution in [0.25, 0.3) is 0 Å². The molecule has 0 saturated carbocycles. The zero-order chi connectivity index (χ0) is 19.0. The van der Waals surface area contributed by atoms with E-state index in [1.54, 1.807) is 54.6 Å². The SMILES string of the molecule is CCCCC(CN)NC(=O)c1cccc(CS(=O)(=O)c2ccccc2)c1. The molecule has 1 unspecified atom stereocenters. The van der Waals surface area contributed by atoms with E-state index in [4.69, 9.17) is 5.73 Å². The molecule has 6 heteroatoms. The molecule has 2 aromatic carbocycles. The number of amides is 1. The van der Waals surface area contributed by atoms with E-state index in [-0.39, 0.29) is 22.6 Å². The highest BCUT2D eigenvalue weighted by atomic mass is 32.2. The number of nitrogens with one attached hydrogen (secondary N) is 1. The first-order valence-electron chi connectivity index (χ1n) is 8.84. The second kappa shape index (κ2) is 9.50. The first-order chi connectivity index (χ1) is 12.5. The van der Waals surface area contributed by atoms with Gasteiger partial charge in [0.25, 0.3) is 5.91 Å². The van der Waals surface area contributed by atoms with Crippen LogP contribution in [0.15, 0.2) is 59.5 Å². The zero-order valence-electron chi connectivity index (χ0n) is 15.0. The average Bonchev–Trinajstić information content (AvgIpc) is 2.65. The average molecular weight is 375 g/mol. The standard InChI is InChI=1S/C20H26N2O3S/c1-2-3-10-18(14-21)22-20(23)17-9-7-8-16(13-17)15-26(24,25)19-11-5-4-6-12-19/h4-9,11-13,18H,2-3,10,14-15,21H2,1H3,(H,22,23). The Labute approximate surface area is 155 Å². The Morgan fingerprint density at radius 2 is 1.85 bits per heavy atom. The van der Waals surface area contributed by atoms with Gasteiger partial charge in [-0.2, -0.15) is 0 Å². The summed E-state index contributed by atoms with van der Waals surface area (Å²) >= 11 is 0. The maximum absolute atomic E-state index is 12.5. The van der Waals surface area contributed by atoms with E-state index in [0.717, 1.165) is 19.3 Å². The van der Waals surface area contributed by atoms with Crippen LogP contribution < -0.4 is 11.1 Å². The van der Waals surface area contributed by atoms with Crippen LogP contribution in [0.3, 0.4) is 0 Å². The van der Waals surface area contributed by atoms with Crippen molar-refractivity contribution in [3.63, 3.8) is 0 Å². The van der Waals surface area contributed by atoms with Gasteiger partial charge in [-0.15, -0.1) is 0 Å². The molecule has 2 rings (SSSR count). The first-order valence-corrected chi connectivity index (χ1v) is 10.5. The number of benzene rings is 2. The van der Waals surface area contributed by atoms with Crippen molar-refractivity contribution in [2.75, 3.05) is 6.54 Å². The highest BCUT2D eigenvalue weighted by Crippen LogP contribution is 2.17. The lowest BCUT2D eigenvalue weighted by molar-refractivity contribution is 0.0935. The summed E-state index contributed by atoms with van der Waals surface area (Å²) in [6.07, 6.45) is 2.87. The summed E-state index contributed by atoms with van der Waals surface area (Å²) in [6.45, 7) is 2.47. The van der Waals surface area contributed by atoms with Crippen molar-refractivity contribution in [3.05, 3.63) is 65.7 Å². The minimum atomic E-state index is -3.45. The molecule has 1 amide bonds. The Morgan fingerprint density at radius 1 is 1.12 bits per heavy atom. The number of unbranched alkanes of at least 4 members (excludes halogenated alkanes) is 1. The summed E-state index contributed by atoms with van der Waals surface area (Å²) < 4.78 is 25.0. The molecular weight excluding hydrogens is 348 g/mol. The Kier molecular flexibility index (Phi) is 7.36. The zero-order valence-corrected chi connectivity index (χ0v) is 15.8. The van der Waals surface area contributed by atoms with Crippen LogP contribution >= 0.6 is 0 Å². The molecule has 1 atom stereocenters. The first kappa shape index (κ1) is 20.1. The number of carbonyl (C=O) groups excluding carboxylic acids is 1. The van der Waals surface area contributed by atoms with Gasteiger partial charge >= 0.3 is 0 Å². The van der Waals surface area contributed by atoms with E-state index < -0.39 is 9.84 Å². The molecule has 0 saturated heterocycles. The third kappa shape index (κ3) is 5.68. The summed E-state index contributed by atoms with van der Waals surface area (Å²) in [5, 5.41) is 2.93. The van der Waals surface area contributed by atoms with Gasteiger partial charge in [0.15, 0.2) is 9.84 Å². The maximum atomic E-state index is 12.5. The van der Waals surface area contributed by atoms with Gasteiger partial charge in [0.05, 0.1) is 10.6 Å². The monoisotopic (exact) mass is 374 g/mol. The fraction of sp³-hybridized carbons (Fsp3) is 0.350. The van der Waals surface area contributed by atoms with Crippen molar-refractivity contribution in [1.82, 2.24) is 5.32 Å². The maximum Gasteiger partial charge on any atom is 0.251 e. The lowest BCUT2D eigenvalue weighted by Gasteiger charge is -2.16. The van der Waals surface area contributed by atoms with E-state index >= 15 is 0 Å². The van der Waals surface area contributed by atoms with E-state index in [1.165, 1.54) is 0 Å². The van der Waals surface area contributed by atoms with Crippen LogP contribution in [0.5, 0.6) is 0 Å². The molecule has 0 aliphatic rings. The Bertz CT molecular complexity index is 820. The molecule has 140 valence electrons. The summed E-state index contributed by atoms with van der Waals surface area (Å²) in [6, 6.07) is 15.0. The molecule has 0 aliphatic carbocycles. The number of hydrogen-bond donors (Lipinski definition) is 2. The lowest BCUT2D eigenvalue weighted by atomic mass is 10.1. The van der Waals surface area contributed by atoms with Gasteiger partial charge in [-0.25, -0.2) is 8.42 Å². The largest absolute Gasteiger partial charge is 0.348 e. The second-order valence-corrected chi connectivity index (χ2v) is 8.31. The van der Waals surface area contributed by atoms with E-state index in [9.17, 15) is 13.2 Å². The number of carbonyl (C=O) groups is 1. The smallest absolute Gasteiger partial charge is 0.251 e. The van der Waals surface area contributed by atoms with Crippen LogP contribution in [0, 0.1) is 0 Å². The molecule has 3 N–H and O–H groups in total. The van der Waals surface area contributed by atoms with E-state index in [0.29, 0.717) is 17.7 Å². The van der Waals surface area contributed by atoms with Crippen molar-refractivity contribution >= 4 is 15.7 Å². The topological polar surface area (TPSA) is 89.3 Å². The van der Waals surface area contributed by atoms with Gasteiger partial charge in [-0.05, 0) is 36.2 Å². The van der Waals surface area contributed by atoms with Crippen LogP contribution in [0.1, 0.15) is 42.1 Å². The molecular formula is C20H26N2O3S. The fourth-order valence-corrected chi connectivity index (χ4v) is 4.06. The molecule has 0 radical (unpaired) electrons. The third-order valence-corrected chi connectivity index (χ3v) is 5.88. The molecule has 5 nitrogen and oxygen atoms in total. The number of sulfone groups is 1. The Hall–Kier alpha value is -2.18. The Morgan fingerprint density at radius 3 is 2.50 bits per heavy atom. The normalized spacial score (nSPS) is 12.5. The second-order valence-electron chi connectivity index (χ2n) is 6.32. The van der Waals surface area contributed by atoms with Gasteiger partial charge in [0, 0.05) is 18.2 Å². The molecule has 0 heterocycles. The van der Waals surface area contributed by atoms with E-state index in [2.05, 4.69) is 12.2 Å². The Balaban J connectivity index is 2.11. The van der Waals surface area contributed by atoms with Gasteiger partial charge in [-0.3, -0.25) is 4.79 Å². The van der Waals surface area contributed by atoms with Crippen molar-refractivity contribution in [2.24, 2.45) is 5.73 Å². The van der Waals surface area contributed by atoms with Gasteiger partial charge in [-0.1, -0.05) is 50.1 Å². The number of nitrogens with two attached hydrogens (primary N) is 1. The van der Waals surface area contributed by atoms with Crippen molar-refractivity contribution < 1.29 is 13.2 Å². The summed E-state index contributed by atoms with van der Waals surface area (Å²) in [4.78, 5) is 12.7. The van der Waals surface area contributed by atoms with Crippen LogP contribution in [0.2, 0.25) is 0 Å².